The summed E-state index contributed by atoms with van der Waals surface area (Å²) >= 11 is 5.20. The zero-order valence-electron chi connectivity index (χ0n) is 14.4. The van der Waals surface area contributed by atoms with Crippen LogP contribution in [-0.2, 0) is 18.9 Å². The first-order valence-corrected chi connectivity index (χ1v) is 8.10. The van der Waals surface area contributed by atoms with Gasteiger partial charge in [0.05, 0.1) is 12.7 Å². The number of rotatable bonds is 6. The minimum atomic E-state index is -1.16. The third-order valence-corrected chi connectivity index (χ3v) is 4.53. The van der Waals surface area contributed by atoms with Crippen molar-refractivity contribution in [2.75, 3.05) is 20.8 Å². The molecule has 1 N–H and O–H groups in total. The lowest BCUT2D eigenvalue weighted by molar-refractivity contribution is -0.436. The van der Waals surface area contributed by atoms with Crippen molar-refractivity contribution in [3.8, 4) is 5.75 Å². The molecule has 1 aromatic carbocycles. The van der Waals surface area contributed by atoms with Crippen molar-refractivity contribution in [1.29, 1.82) is 0 Å². The molecule has 1 fully saturated rings. The lowest BCUT2D eigenvalue weighted by atomic mass is 10.0. The summed E-state index contributed by atoms with van der Waals surface area (Å²) in [5, 5.41) is 10.7. The Kier molecular flexibility index (Phi) is 6.30. The van der Waals surface area contributed by atoms with Gasteiger partial charge < -0.3 is 28.8 Å². The highest BCUT2D eigenvalue weighted by Gasteiger charge is 2.54. The third-order valence-electron chi connectivity index (χ3n) is 4.28. The van der Waals surface area contributed by atoms with Crippen LogP contribution in [0, 0.1) is 0 Å². The van der Waals surface area contributed by atoms with E-state index in [1.807, 2.05) is 18.2 Å². The smallest absolute Gasteiger partial charge is 0.220 e. The number of aliphatic hydroxyl groups excluding tert-OH is 1. The number of hydrogen-bond donors (Lipinski definition) is 1. The van der Waals surface area contributed by atoms with E-state index in [0.29, 0.717) is 5.75 Å². The number of methoxy groups -OCH3 is 2. The molecule has 134 valence electrons. The van der Waals surface area contributed by atoms with Gasteiger partial charge in [-0.05, 0) is 38.2 Å². The molecule has 6 nitrogen and oxygen atoms in total. The number of aliphatic hydroxyl groups is 1. The van der Waals surface area contributed by atoms with Gasteiger partial charge in [-0.1, -0.05) is 18.2 Å². The van der Waals surface area contributed by atoms with Gasteiger partial charge in [0.25, 0.3) is 0 Å². The maximum atomic E-state index is 10.4. The largest absolute Gasteiger partial charge is 0.450 e. The summed E-state index contributed by atoms with van der Waals surface area (Å²) in [5.74, 6) is -1.60. The highest BCUT2D eigenvalue weighted by atomic mass is 32.1. The van der Waals surface area contributed by atoms with Crippen LogP contribution in [0.25, 0.3) is 0 Å². The van der Waals surface area contributed by atoms with E-state index >= 15 is 0 Å². The van der Waals surface area contributed by atoms with Crippen molar-refractivity contribution >= 4 is 17.3 Å². The molecule has 0 spiro atoms. The van der Waals surface area contributed by atoms with Gasteiger partial charge in [-0.25, -0.2) is 0 Å². The summed E-state index contributed by atoms with van der Waals surface area (Å²) < 4.78 is 28.0. The molecule has 4 atom stereocenters. The van der Waals surface area contributed by atoms with E-state index in [9.17, 15) is 5.11 Å². The number of thiocarbonyl (C=S) groups is 1. The summed E-state index contributed by atoms with van der Waals surface area (Å²) in [6.45, 7) is 3.58. The van der Waals surface area contributed by atoms with Gasteiger partial charge >= 0.3 is 0 Å². The zero-order valence-corrected chi connectivity index (χ0v) is 15.2. The minimum Gasteiger partial charge on any atom is -0.450 e. The van der Waals surface area contributed by atoms with E-state index in [0.717, 1.165) is 0 Å². The number of para-hydroxylation sites is 1. The van der Waals surface area contributed by atoms with Crippen molar-refractivity contribution in [3.63, 3.8) is 0 Å². The topological polar surface area (TPSA) is 66.4 Å². The van der Waals surface area contributed by atoms with Crippen LogP contribution < -0.4 is 4.74 Å². The monoisotopic (exact) mass is 356 g/mol. The molecule has 0 bridgehead atoms. The van der Waals surface area contributed by atoms with Crippen molar-refractivity contribution in [3.05, 3.63) is 30.3 Å². The van der Waals surface area contributed by atoms with E-state index < -0.39 is 23.8 Å². The van der Waals surface area contributed by atoms with Crippen LogP contribution in [0.2, 0.25) is 0 Å². The first-order valence-electron chi connectivity index (χ1n) is 7.69. The summed E-state index contributed by atoms with van der Waals surface area (Å²) in [6.07, 6.45) is -1.37. The molecule has 1 saturated heterocycles. The van der Waals surface area contributed by atoms with Crippen molar-refractivity contribution in [2.45, 2.75) is 44.1 Å². The second-order valence-electron chi connectivity index (χ2n) is 5.83. The third kappa shape index (κ3) is 4.11. The fourth-order valence-corrected chi connectivity index (χ4v) is 2.70. The summed E-state index contributed by atoms with van der Waals surface area (Å²) in [4.78, 5) is 0. The SMILES string of the molecule is CO[C@]1(C)OC[C@@H]([C@H](O)CC(=S)Oc2ccccc2)O[C@@]1(C)OC. The Morgan fingerprint density at radius 3 is 2.46 bits per heavy atom. The standard InChI is InChI=1S/C17H24O6S/c1-16(19-3)17(2,20-4)23-14(11-21-16)13(18)10-15(24)22-12-8-6-5-7-9-12/h5-9,13-14,18H,10-11H2,1-4H3/t13-,14+,16-,17-/m1/s1. The van der Waals surface area contributed by atoms with E-state index in [4.69, 9.17) is 35.9 Å². The molecule has 0 saturated carbocycles. The number of benzene rings is 1. The summed E-state index contributed by atoms with van der Waals surface area (Å²) in [5.41, 5.74) is 0. The second kappa shape index (κ2) is 7.86. The molecule has 0 aliphatic carbocycles. The summed E-state index contributed by atoms with van der Waals surface area (Å²) in [7, 11) is 3.01. The van der Waals surface area contributed by atoms with Crippen LogP contribution in [-0.4, -0.2) is 54.8 Å². The Bertz CT molecular complexity index is 553. The van der Waals surface area contributed by atoms with Crippen molar-refractivity contribution < 1.29 is 28.8 Å². The van der Waals surface area contributed by atoms with Crippen LogP contribution in [0.15, 0.2) is 30.3 Å². The normalized spacial score (nSPS) is 31.5. The molecular weight excluding hydrogens is 332 g/mol. The molecule has 0 aromatic heterocycles. The van der Waals surface area contributed by atoms with E-state index in [1.165, 1.54) is 14.2 Å². The molecule has 1 aromatic rings. The van der Waals surface area contributed by atoms with Gasteiger partial charge in [0, 0.05) is 20.6 Å². The van der Waals surface area contributed by atoms with Gasteiger partial charge in [-0.3, -0.25) is 0 Å². The Morgan fingerprint density at radius 1 is 1.25 bits per heavy atom. The maximum Gasteiger partial charge on any atom is 0.220 e. The molecule has 1 aliphatic heterocycles. The molecule has 0 unspecified atom stereocenters. The predicted octanol–water partition coefficient (Wildman–Crippen LogP) is 2.28. The Hall–Kier alpha value is -1.09. The second-order valence-corrected chi connectivity index (χ2v) is 6.28. The van der Waals surface area contributed by atoms with Crippen molar-refractivity contribution in [2.24, 2.45) is 0 Å². The Labute approximate surface area is 147 Å². The molecule has 2 rings (SSSR count). The lowest BCUT2D eigenvalue weighted by Crippen LogP contribution is -2.64. The van der Waals surface area contributed by atoms with E-state index in [1.54, 1.807) is 26.0 Å². The number of hydrogen-bond acceptors (Lipinski definition) is 7. The molecule has 0 radical (unpaired) electrons. The van der Waals surface area contributed by atoms with Gasteiger partial charge in [-0.2, -0.15) is 0 Å². The fourth-order valence-electron chi connectivity index (χ4n) is 2.43. The van der Waals surface area contributed by atoms with Gasteiger partial charge in [0.15, 0.2) is 5.05 Å². The van der Waals surface area contributed by atoms with Crippen molar-refractivity contribution in [1.82, 2.24) is 0 Å². The molecule has 0 amide bonds. The van der Waals surface area contributed by atoms with Crippen LogP contribution >= 0.6 is 12.2 Å². The van der Waals surface area contributed by atoms with Gasteiger partial charge in [0.1, 0.15) is 11.9 Å². The fraction of sp³-hybridized carbons (Fsp3) is 0.588. The minimum absolute atomic E-state index is 0.141. The summed E-state index contributed by atoms with van der Waals surface area (Å²) in [6, 6.07) is 9.18. The van der Waals surface area contributed by atoms with Crippen LogP contribution in [0.4, 0.5) is 0 Å². The lowest BCUT2D eigenvalue weighted by Gasteiger charge is -2.49. The zero-order chi connectivity index (χ0) is 17.8. The predicted molar refractivity (Wildman–Crippen MR) is 91.9 cm³/mol. The first-order chi connectivity index (χ1) is 11.3. The van der Waals surface area contributed by atoms with Crippen LogP contribution in [0.1, 0.15) is 20.3 Å². The van der Waals surface area contributed by atoms with Gasteiger partial charge in [0.2, 0.25) is 11.6 Å². The molecule has 7 heteroatoms. The first kappa shape index (κ1) is 19.2. The maximum absolute atomic E-state index is 10.4. The molecule has 1 heterocycles. The van der Waals surface area contributed by atoms with E-state index in [2.05, 4.69) is 0 Å². The highest BCUT2D eigenvalue weighted by molar-refractivity contribution is 7.80. The quantitative estimate of drug-likeness (QED) is 0.785. The van der Waals surface area contributed by atoms with Crippen LogP contribution in [0.5, 0.6) is 5.75 Å². The Morgan fingerprint density at radius 2 is 1.88 bits per heavy atom. The number of ether oxygens (including phenoxy) is 5. The average molecular weight is 356 g/mol. The molecular formula is C17H24O6S. The van der Waals surface area contributed by atoms with Crippen LogP contribution in [0.3, 0.4) is 0 Å². The van der Waals surface area contributed by atoms with Gasteiger partial charge in [-0.15, -0.1) is 0 Å². The highest BCUT2D eigenvalue weighted by Crippen LogP contribution is 2.37. The molecule has 24 heavy (non-hydrogen) atoms. The Balaban J connectivity index is 1.95. The van der Waals surface area contributed by atoms with E-state index in [-0.39, 0.29) is 18.1 Å². The average Bonchev–Trinajstić information content (AvgIpc) is 2.58. The molecule has 1 aliphatic rings.